The van der Waals surface area contributed by atoms with E-state index in [9.17, 15) is 9.90 Å². The van der Waals surface area contributed by atoms with Crippen molar-refractivity contribution in [2.24, 2.45) is 17.8 Å². The van der Waals surface area contributed by atoms with Gasteiger partial charge in [-0.25, -0.2) is 0 Å². The number of carboxylic acids is 1. The predicted molar refractivity (Wildman–Crippen MR) is 82.9 cm³/mol. The molecular formula is C18H25NO2. The largest absolute Gasteiger partial charge is 0.481 e. The van der Waals surface area contributed by atoms with E-state index in [-0.39, 0.29) is 5.92 Å². The van der Waals surface area contributed by atoms with Crippen molar-refractivity contribution in [3.8, 4) is 0 Å². The lowest BCUT2D eigenvalue weighted by Crippen LogP contribution is -2.29. The zero-order chi connectivity index (χ0) is 14.7. The average molecular weight is 287 g/mol. The van der Waals surface area contributed by atoms with Crippen LogP contribution < -0.4 is 0 Å². The van der Waals surface area contributed by atoms with E-state index in [0.29, 0.717) is 18.4 Å². The van der Waals surface area contributed by atoms with Crippen molar-refractivity contribution in [3.05, 3.63) is 35.9 Å². The second kappa shape index (κ2) is 6.61. The third kappa shape index (κ3) is 3.46. The first-order valence-corrected chi connectivity index (χ1v) is 8.23. The van der Waals surface area contributed by atoms with Crippen LogP contribution in [0.15, 0.2) is 30.3 Å². The van der Waals surface area contributed by atoms with E-state index < -0.39 is 5.97 Å². The molecular weight excluding hydrogens is 262 g/mol. The molecule has 0 spiro atoms. The summed E-state index contributed by atoms with van der Waals surface area (Å²) in [5, 5.41) is 9.57. The molecule has 1 aliphatic heterocycles. The van der Waals surface area contributed by atoms with Gasteiger partial charge in [0.15, 0.2) is 0 Å². The summed E-state index contributed by atoms with van der Waals surface area (Å²) in [7, 11) is 0. The molecule has 2 atom stereocenters. The maximum Gasteiger partial charge on any atom is 0.308 e. The Hall–Kier alpha value is -1.35. The molecule has 21 heavy (non-hydrogen) atoms. The number of aliphatic carboxylic acids is 1. The van der Waals surface area contributed by atoms with Crippen molar-refractivity contribution in [2.45, 2.75) is 38.6 Å². The summed E-state index contributed by atoms with van der Waals surface area (Å²) in [5.74, 6) is 0.213. The van der Waals surface area contributed by atoms with Crippen LogP contribution in [0.25, 0.3) is 0 Å². The Morgan fingerprint density at radius 1 is 1.10 bits per heavy atom. The first kappa shape index (κ1) is 14.6. The average Bonchev–Trinajstić information content (AvgIpc) is 2.93. The number of carbonyl (C=O) groups is 1. The second-order valence-corrected chi connectivity index (χ2v) is 6.69. The van der Waals surface area contributed by atoms with Crippen molar-refractivity contribution in [3.63, 3.8) is 0 Å². The van der Waals surface area contributed by atoms with E-state index in [2.05, 4.69) is 29.2 Å². The minimum absolute atomic E-state index is 0.170. The van der Waals surface area contributed by atoms with Gasteiger partial charge in [0, 0.05) is 19.6 Å². The third-order valence-electron chi connectivity index (χ3n) is 5.26. The summed E-state index contributed by atoms with van der Waals surface area (Å²) in [6.45, 7) is 2.55. The van der Waals surface area contributed by atoms with Crippen LogP contribution >= 0.6 is 0 Å². The minimum Gasteiger partial charge on any atom is -0.481 e. The standard InChI is InChI=1S/C18H25NO2/c20-18(21)17-13-19(11-14-7-3-1-4-8-14)12-16(17)15-9-5-2-6-10-15/h1,3-4,7-8,15-17H,2,5-6,9-13H2,(H,20,21)/t16-,17+/m0/s1. The molecule has 0 amide bonds. The van der Waals surface area contributed by atoms with Gasteiger partial charge in [-0.05, 0) is 17.4 Å². The molecule has 1 saturated carbocycles. The highest BCUT2D eigenvalue weighted by Gasteiger charge is 2.41. The Bertz CT molecular complexity index is 467. The highest BCUT2D eigenvalue weighted by Crippen LogP contribution is 2.38. The van der Waals surface area contributed by atoms with Gasteiger partial charge in [-0.15, -0.1) is 0 Å². The van der Waals surface area contributed by atoms with E-state index >= 15 is 0 Å². The molecule has 2 fully saturated rings. The molecule has 3 heteroatoms. The Morgan fingerprint density at radius 2 is 1.81 bits per heavy atom. The van der Waals surface area contributed by atoms with E-state index in [4.69, 9.17) is 0 Å². The second-order valence-electron chi connectivity index (χ2n) is 6.69. The topological polar surface area (TPSA) is 40.5 Å². The Morgan fingerprint density at radius 3 is 2.48 bits per heavy atom. The van der Waals surface area contributed by atoms with E-state index in [1.807, 2.05) is 6.07 Å². The molecule has 3 nitrogen and oxygen atoms in total. The maximum atomic E-state index is 11.6. The minimum atomic E-state index is -0.596. The summed E-state index contributed by atoms with van der Waals surface area (Å²) in [6, 6.07) is 10.4. The summed E-state index contributed by atoms with van der Waals surface area (Å²) < 4.78 is 0. The van der Waals surface area contributed by atoms with Crippen molar-refractivity contribution < 1.29 is 9.90 Å². The summed E-state index contributed by atoms with van der Waals surface area (Å²) in [6.07, 6.45) is 6.36. The van der Waals surface area contributed by atoms with Gasteiger partial charge in [0.05, 0.1) is 5.92 Å². The molecule has 0 bridgehead atoms. The quantitative estimate of drug-likeness (QED) is 0.922. The van der Waals surface area contributed by atoms with E-state index in [1.54, 1.807) is 0 Å². The lowest BCUT2D eigenvalue weighted by atomic mass is 9.75. The van der Waals surface area contributed by atoms with E-state index in [0.717, 1.165) is 13.1 Å². The number of hydrogen-bond acceptors (Lipinski definition) is 2. The molecule has 114 valence electrons. The molecule has 0 radical (unpaired) electrons. The fourth-order valence-corrected chi connectivity index (χ4v) is 4.19. The summed E-state index contributed by atoms with van der Waals surface area (Å²) >= 11 is 0. The Labute approximate surface area is 127 Å². The number of benzene rings is 1. The highest BCUT2D eigenvalue weighted by molar-refractivity contribution is 5.71. The van der Waals surface area contributed by atoms with Crippen LogP contribution in [-0.4, -0.2) is 29.1 Å². The van der Waals surface area contributed by atoms with Gasteiger partial charge in [-0.1, -0.05) is 62.4 Å². The predicted octanol–water partition coefficient (Wildman–Crippen LogP) is 3.40. The summed E-state index contributed by atoms with van der Waals surface area (Å²) in [5.41, 5.74) is 1.28. The number of carboxylic acid groups (broad SMARTS) is 1. The fourth-order valence-electron chi connectivity index (χ4n) is 4.19. The van der Waals surface area contributed by atoms with Crippen molar-refractivity contribution >= 4 is 5.97 Å². The molecule has 2 aliphatic rings. The van der Waals surface area contributed by atoms with Crippen molar-refractivity contribution in [1.82, 2.24) is 4.90 Å². The lowest BCUT2D eigenvalue weighted by Gasteiger charge is -2.29. The SMILES string of the molecule is O=C(O)[C@@H]1CN(Cc2ccccc2)C[C@H]1C1CCCCC1. The first-order chi connectivity index (χ1) is 10.2. The van der Waals surface area contributed by atoms with Crippen LogP contribution in [0, 0.1) is 17.8 Å². The molecule has 1 aromatic carbocycles. The van der Waals surface area contributed by atoms with Crippen LogP contribution in [0.1, 0.15) is 37.7 Å². The van der Waals surface area contributed by atoms with Crippen LogP contribution in [0.2, 0.25) is 0 Å². The monoisotopic (exact) mass is 287 g/mol. The van der Waals surface area contributed by atoms with E-state index in [1.165, 1.54) is 37.7 Å². The molecule has 1 heterocycles. The van der Waals surface area contributed by atoms with Crippen LogP contribution in [-0.2, 0) is 11.3 Å². The van der Waals surface area contributed by atoms with Crippen LogP contribution in [0.3, 0.4) is 0 Å². The van der Waals surface area contributed by atoms with Crippen LogP contribution in [0.5, 0.6) is 0 Å². The highest BCUT2D eigenvalue weighted by atomic mass is 16.4. The molecule has 0 aromatic heterocycles. The zero-order valence-corrected chi connectivity index (χ0v) is 12.6. The molecule has 1 N–H and O–H groups in total. The van der Waals surface area contributed by atoms with Gasteiger partial charge in [0.2, 0.25) is 0 Å². The number of rotatable bonds is 4. The smallest absolute Gasteiger partial charge is 0.308 e. The molecule has 1 aromatic rings. The molecule has 0 unspecified atom stereocenters. The first-order valence-electron chi connectivity index (χ1n) is 8.23. The third-order valence-corrected chi connectivity index (χ3v) is 5.26. The number of nitrogens with zero attached hydrogens (tertiary/aromatic N) is 1. The fraction of sp³-hybridized carbons (Fsp3) is 0.611. The van der Waals surface area contributed by atoms with Gasteiger partial charge in [0.1, 0.15) is 0 Å². The number of hydrogen-bond donors (Lipinski definition) is 1. The van der Waals surface area contributed by atoms with Crippen LogP contribution in [0.4, 0.5) is 0 Å². The van der Waals surface area contributed by atoms with Gasteiger partial charge < -0.3 is 5.11 Å². The van der Waals surface area contributed by atoms with Gasteiger partial charge in [-0.2, -0.15) is 0 Å². The Balaban J connectivity index is 1.67. The number of likely N-dealkylation sites (tertiary alicyclic amines) is 1. The molecule has 1 aliphatic carbocycles. The van der Waals surface area contributed by atoms with Gasteiger partial charge >= 0.3 is 5.97 Å². The normalized spacial score (nSPS) is 27.8. The van der Waals surface area contributed by atoms with Gasteiger partial charge in [-0.3, -0.25) is 9.69 Å². The van der Waals surface area contributed by atoms with Crippen molar-refractivity contribution in [2.75, 3.05) is 13.1 Å². The van der Waals surface area contributed by atoms with Gasteiger partial charge in [0.25, 0.3) is 0 Å². The molecule has 1 saturated heterocycles. The Kier molecular flexibility index (Phi) is 4.59. The van der Waals surface area contributed by atoms with Crippen molar-refractivity contribution in [1.29, 1.82) is 0 Å². The zero-order valence-electron chi connectivity index (χ0n) is 12.6. The summed E-state index contributed by atoms with van der Waals surface area (Å²) in [4.78, 5) is 14.0. The molecule has 3 rings (SSSR count). The maximum absolute atomic E-state index is 11.6. The lowest BCUT2D eigenvalue weighted by molar-refractivity contribution is -0.143.